The van der Waals surface area contributed by atoms with Crippen LogP contribution in [0.2, 0.25) is 0 Å². The predicted octanol–water partition coefficient (Wildman–Crippen LogP) is 4.13. The number of pyridine rings is 1. The quantitative estimate of drug-likeness (QED) is 0.700. The van der Waals surface area contributed by atoms with E-state index in [2.05, 4.69) is 23.3 Å². The van der Waals surface area contributed by atoms with Gasteiger partial charge >= 0.3 is 0 Å². The SMILES string of the molecule is CCCCCNC1CCCc2c(Oc3ccc(C(N)=O)cn3)cccc21. The van der Waals surface area contributed by atoms with Gasteiger partial charge in [-0.05, 0) is 55.5 Å². The molecule has 26 heavy (non-hydrogen) atoms. The van der Waals surface area contributed by atoms with Gasteiger partial charge in [-0.15, -0.1) is 0 Å². The van der Waals surface area contributed by atoms with Crippen LogP contribution in [0.5, 0.6) is 11.6 Å². The molecule has 1 unspecified atom stereocenters. The van der Waals surface area contributed by atoms with Gasteiger partial charge in [0.25, 0.3) is 0 Å². The molecule has 0 fully saturated rings. The summed E-state index contributed by atoms with van der Waals surface area (Å²) in [4.78, 5) is 15.4. The highest BCUT2D eigenvalue weighted by atomic mass is 16.5. The zero-order chi connectivity index (χ0) is 18.4. The van der Waals surface area contributed by atoms with Gasteiger partial charge < -0.3 is 15.8 Å². The molecule has 0 radical (unpaired) electrons. The molecule has 1 heterocycles. The number of nitrogens with one attached hydrogen (secondary N) is 1. The Morgan fingerprint density at radius 1 is 1.31 bits per heavy atom. The van der Waals surface area contributed by atoms with Crippen LogP contribution in [0.3, 0.4) is 0 Å². The van der Waals surface area contributed by atoms with Crippen LogP contribution in [-0.4, -0.2) is 17.4 Å². The minimum atomic E-state index is -0.488. The number of rotatable bonds is 8. The van der Waals surface area contributed by atoms with Gasteiger partial charge in [0.1, 0.15) is 5.75 Å². The number of benzene rings is 1. The number of hydrogen-bond acceptors (Lipinski definition) is 4. The first-order valence-corrected chi connectivity index (χ1v) is 9.48. The van der Waals surface area contributed by atoms with Crippen LogP contribution in [0, 0.1) is 0 Å². The van der Waals surface area contributed by atoms with Crippen molar-refractivity contribution < 1.29 is 9.53 Å². The second kappa shape index (κ2) is 8.81. The molecule has 1 atom stereocenters. The molecule has 0 spiro atoms. The van der Waals surface area contributed by atoms with E-state index in [1.807, 2.05) is 12.1 Å². The van der Waals surface area contributed by atoms with Crippen LogP contribution < -0.4 is 15.8 Å². The highest BCUT2D eigenvalue weighted by Gasteiger charge is 2.22. The van der Waals surface area contributed by atoms with Gasteiger partial charge in [0.05, 0.1) is 5.56 Å². The van der Waals surface area contributed by atoms with E-state index in [1.54, 1.807) is 12.1 Å². The zero-order valence-electron chi connectivity index (χ0n) is 15.3. The summed E-state index contributed by atoms with van der Waals surface area (Å²) in [5.41, 5.74) is 8.22. The van der Waals surface area contributed by atoms with E-state index in [9.17, 15) is 4.79 Å². The highest BCUT2D eigenvalue weighted by molar-refractivity contribution is 5.92. The van der Waals surface area contributed by atoms with Crippen LogP contribution in [0.4, 0.5) is 0 Å². The predicted molar refractivity (Wildman–Crippen MR) is 102 cm³/mol. The lowest BCUT2D eigenvalue weighted by Gasteiger charge is -2.28. The Morgan fingerprint density at radius 2 is 2.19 bits per heavy atom. The number of nitrogens with zero attached hydrogens (tertiary/aromatic N) is 1. The van der Waals surface area contributed by atoms with E-state index in [0.717, 1.165) is 31.6 Å². The molecule has 1 aromatic carbocycles. The zero-order valence-corrected chi connectivity index (χ0v) is 15.3. The summed E-state index contributed by atoms with van der Waals surface area (Å²) >= 11 is 0. The van der Waals surface area contributed by atoms with Gasteiger partial charge in [0.2, 0.25) is 11.8 Å². The number of carbonyl (C=O) groups is 1. The Morgan fingerprint density at radius 3 is 2.92 bits per heavy atom. The van der Waals surface area contributed by atoms with Crippen molar-refractivity contribution in [3.05, 3.63) is 53.2 Å². The van der Waals surface area contributed by atoms with E-state index in [4.69, 9.17) is 10.5 Å². The van der Waals surface area contributed by atoms with Gasteiger partial charge in [0, 0.05) is 18.3 Å². The molecule has 3 rings (SSSR count). The largest absolute Gasteiger partial charge is 0.439 e. The third-order valence-corrected chi connectivity index (χ3v) is 4.87. The number of amides is 1. The fourth-order valence-corrected chi connectivity index (χ4v) is 3.47. The monoisotopic (exact) mass is 353 g/mol. The normalized spacial score (nSPS) is 16.1. The third-order valence-electron chi connectivity index (χ3n) is 4.87. The number of primary amides is 1. The molecule has 0 bridgehead atoms. The van der Waals surface area contributed by atoms with Crippen LogP contribution in [0.1, 0.15) is 66.6 Å². The summed E-state index contributed by atoms with van der Waals surface area (Å²) in [5.74, 6) is 0.835. The molecule has 2 aromatic rings. The lowest BCUT2D eigenvalue weighted by molar-refractivity contribution is 0.1000. The van der Waals surface area contributed by atoms with Crippen LogP contribution in [-0.2, 0) is 6.42 Å². The first-order valence-electron chi connectivity index (χ1n) is 9.48. The lowest BCUT2D eigenvalue weighted by atomic mass is 9.87. The first-order chi connectivity index (χ1) is 12.7. The van der Waals surface area contributed by atoms with Crippen molar-refractivity contribution in [2.24, 2.45) is 5.73 Å². The van der Waals surface area contributed by atoms with Gasteiger partial charge in [-0.25, -0.2) is 4.98 Å². The number of nitrogens with two attached hydrogens (primary N) is 1. The number of carbonyl (C=O) groups excluding carboxylic acids is 1. The van der Waals surface area contributed by atoms with Crippen molar-refractivity contribution in [3.8, 4) is 11.6 Å². The van der Waals surface area contributed by atoms with E-state index >= 15 is 0 Å². The Balaban J connectivity index is 1.74. The molecular formula is C21H27N3O2. The second-order valence-electron chi connectivity index (χ2n) is 6.78. The number of hydrogen-bond donors (Lipinski definition) is 2. The maximum atomic E-state index is 11.2. The summed E-state index contributed by atoms with van der Waals surface area (Å²) in [6.07, 6.45) is 8.49. The summed E-state index contributed by atoms with van der Waals surface area (Å²) in [6, 6.07) is 9.94. The van der Waals surface area contributed by atoms with Crippen molar-refractivity contribution in [1.29, 1.82) is 0 Å². The minimum Gasteiger partial charge on any atom is -0.439 e. The molecule has 0 saturated heterocycles. The summed E-state index contributed by atoms with van der Waals surface area (Å²) in [6.45, 7) is 3.28. The van der Waals surface area contributed by atoms with Crippen LogP contribution in [0.25, 0.3) is 0 Å². The van der Waals surface area contributed by atoms with Crippen molar-refractivity contribution in [1.82, 2.24) is 10.3 Å². The Kier molecular flexibility index (Phi) is 6.23. The average molecular weight is 353 g/mol. The molecule has 3 N–H and O–H groups in total. The Hall–Kier alpha value is -2.40. The molecular weight excluding hydrogens is 326 g/mol. The molecule has 1 aromatic heterocycles. The van der Waals surface area contributed by atoms with Crippen molar-refractivity contribution in [3.63, 3.8) is 0 Å². The summed E-state index contributed by atoms with van der Waals surface area (Å²) < 4.78 is 6.01. The van der Waals surface area contributed by atoms with E-state index in [0.29, 0.717) is 17.5 Å². The maximum Gasteiger partial charge on any atom is 0.250 e. The summed E-state index contributed by atoms with van der Waals surface area (Å²) in [7, 11) is 0. The highest BCUT2D eigenvalue weighted by Crippen LogP contribution is 2.36. The Bertz CT molecular complexity index is 743. The third kappa shape index (κ3) is 4.41. The fraction of sp³-hybridized carbons (Fsp3) is 0.429. The van der Waals surface area contributed by atoms with Crippen LogP contribution >= 0.6 is 0 Å². The summed E-state index contributed by atoms with van der Waals surface area (Å²) in [5, 5.41) is 3.70. The molecule has 1 amide bonds. The molecule has 138 valence electrons. The Labute approximate surface area is 155 Å². The molecule has 1 aliphatic rings. The molecule has 0 saturated carbocycles. The van der Waals surface area contributed by atoms with Crippen molar-refractivity contribution in [2.45, 2.75) is 51.5 Å². The molecule has 1 aliphatic carbocycles. The first kappa shape index (κ1) is 18.4. The van der Waals surface area contributed by atoms with E-state index in [1.165, 1.54) is 36.6 Å². The molecule has 5 nitrogen and oxygen atoms in total. The van der Waals surface area contributed by atoms with Gasteiger partial charge in [0.15, 0.2) is 0 Å². The smallest absolute Gasteiger partial charge is 0.250 e. The number of unbranched alkanes of at least 4 members (excludes halogenated alkanes) is 2. The van der Waals surface area contributed by atoms with Gasteiger partial charge in [-0.3, -0.25) is 4.79 Å². The van der Waals surface area contributed by atoms with Crippen LogP contribution in [0.15, 0.2) is 36.5 Å². The number of aromatic nitrogens is 1. The maximum absolute atomic E-state index is 11.2. The molecule has 5 heteroatoms. The molecule has 0 aliphatic heterocycles. The van der Waals surface area contributed by atoms with Crippen molar-refractivity contribution in [2.75, 3.05) is 6.54 Å². The van der Waals surface area contributed by atoms with Gasteiger partial charge in [-0.2, -0.15) is 0 Å². The topological polar surface area (TPSA) is 77.2 Å². The lowest BCUT2D eigenvalue weighted by Crippen LogP contribution is -2.26. The fourth-order valence-electron chi connectivity index (χ4n) is 3.47. The number of ether oxygens (including phenoxy) is 1. The van der Waals surface area contributed by atoms with Gasteiger partial charge in [-0.1, -0.05) is 31.9 Å². The average Bonchev–Trinajstić information content (AvgIpc) is 2.66. The number of fused-ring (bicyclic) bond motifs is 1. The van der Waals surface area contributed by atoms with E-state index < -0.39 is 5.91 Å². The standard InChI is InChI=1S/C21H27N3O2/c1-2-3-4-13-23-18-9-5-8-17-16(18)7-6-10-19(17)26-20-12-11-15(14-24-20)21(22)25/h6-7,10-12,14,18,23H,2-5,8-9,13H2,1H3,(H2,22,25). The van der Waals surface area contributed by atoms with Crippen molar-refractivity contribution >= 4 is 5.91 Å². The minimum absolute atomic E-state index is 0.379. The van der Waals surface area contributed by atoms with E-state index in [-0.39, 0.29) is 0 Å². The second-order valence-corrected chi connectivity index (χ2v) is 6.78.